The van der Waals surface area contributed by atoms with E-state index in [0.717, 1.165) is 29.0 Å². The Kier molecular flexibility index (Phi) is 5.89. The van der Waals surface area contributed by atoms with E-state index in [1.807, 2.05) is 38.1 Å². The van der Waals surface area contributed by atoms with E-state index in [4.69, 9.17) is 4.74 Å². The first-order valence-electron chi connectivity index (χ1n) is 9.24. The fraction of sp³-hybridized carbons (Fsp3) is 0.429. The molecule has 0 saturated carbocycles. The molecule has 2 aromatic carbocycles. The Hall–Kier alpha value is -1.89. The summed E-state index contributed by atoms with van der Waals surface area (Å²) >= 11 is 0. The lowest BCUT2D eigenvalue weighted by atomic mass is 10.1. The van der Waals surface area contributed by atoms with Crippen LogP contribution in [0, 0.1) is 20.8 Å². The summed E-state index contributed by atoms with van der Waals surface area (Å²) in [6.45, 7) is 9.04. The van der Waals surface area contributed by atoms with Gasteiger partial charge in [-0.1, -0.05) is 29.8 Å². The molecule has 0 N–H and O–H groups in total. The molecule has 27 heavy (non-hydrogen) atoms. The average molecular weight is 389 g/mol. The molecule has 2 aromatic rings. The van der Waals surface area contributed by atoms with E-state index in [1.165, 1.54) is 5.56 Å². The van der Waals surface area contributed by atoms with E-state index < -0.39 is 10.0 Å². The van der Waals surface area contributed by atoms with Gasteiger partial charge in [0.1, 0.15) is 5.75 Å². The van der Waals surface area contributed by atoms with Crippen LogP contribution >= 0.6 is 0 Å². The van der Waals surface area contributed by atoms with Crippen molar-refractivity contribution in [1.29, 1.82) is 0 Å². The Balaban J connectivity index is 1.70. The van der Waals surface area contributed by atoms with E-state index in [9.17, 15) is 8.42 Å². The lowest BCUT2D eigenvalue weighted by Gasteiger charge is -2.34. The number of rotatable bonds is 5. The van der Waals surface area contributed by atoms with Crippen LogP contribution in [-0.2, 0) is 16.6 Å². The van der Waals surface area contributed by atoms with Gasteiger partial charge < -0.3 is 4.74 Å². The predicted octanol–water partition coefficient (Wildman–Crippen LogP) is 3.13. The van der Waals surface area contributed by atoms with Gasteiger partial charge in [-0.05, 0) is 44.0 Å². The molecular formula is C21H28N2O3S. The molecule has 1 heterocycles. The Morgan fingerprint density at radius 3 is 2.22 bits per heavy atom. The van der Waals surface area contributed by atoms with Crippen LogP contribution in [0.1, 0.15) is 22.3 Å². The number of sulfonamides is 1. The highest BCUT2D eigenvalue weighted by atomic mass is 32.2. The molecule has 0 aromatic heterocycles. The zero-order valence-electron chi connectivity index (χ0n) is 16.5. The Labute approximate surface area is 162 Å². The number of nitrogens with zero attached hydrogens (tertiary/aromatic N) is 2. The van der Waals surface area contributed by atoms with Gasteiger partial charge in [0.15, 0.2) is 0 Å². The van der Waals surface area contributed by atoms with E-state index in [-0.39, 0.29) is 0 Å². The van der Waals surface area contributed by atoms with Crippen LogP contribution in [0.25, 0.3) is 0 Å². The van der Waals surface area contributed by atoms with Crippen molar-refractivity contribution in [3.63, 3.8) is 0 Å². The van der Waals surface area contributed by atoms with Crippen LogP contribution in [0.3, 0.4) is 0 Å². The Bertz CT molecular complexity index is 917. The van der Waals surface area contributed by atoms with Crippen molar-refractivity contribution >= 4 is 10.0 Å². The molecule has 1 aliphatic heterocycles. The summed E-state index contributed by atoms with van der Waals surface area (Å²) in [5, 5.41) is 0. The Morgan fingerprint density at radius 2 is 1.56 bits per heavy atom. The van der Waals surface area contributed by atoms with Gasteiger partial charge in [-0.2, -0.15) is 4.31 Å². The fourth-order valence-corrected chi connectivity index (χ4v) is 5.26. The monoisotopic (exact) mass is 388 g/mol. The van der Waals surface area contributed by atoms with Gasteiger partial charge in [-0.25, -0.2) is 8.42 Å². The third-order valence-corrected chi connectivity index (χ3v) is 7.16. The summed E-state index contributed by atoms with van der Waals surface area (Å²) in [5.41, 5.74) is 4.10. The van der Waals surface area contributed by atoms with Crippen LogP contribution in [0.15, 0.2) is 41.3 Å². The number of hydrogen-bond donors (Lipinski definition) is 0. The van der Waals surface area contributed by atoms with Gasteiger partial charge in [0.25, 0.3) is 0 Å². The summed E-state index contributed by atoms with van der Waals surface area (Å²) in [6, 6.07) is 11.8. The molecule has 1 aliphatic rings. The van der Waals surface area contributed by atoms with Crippen molar-refractivity contribution < 1.29 is 13.2 Å². The Morgan fingerprint density at radius 1 is 0.926 bits per heavy atom. The van der Waals surface area contributed by atoms with E-state index in [1.54, 1.807) is 17.5 Å². The molecule has 5 nitrogen and oxygen atoms in total. The second-order valence-electron chi connectivity index (χ2n) is 7.26. The van der Waals surface area contributed by atoms with Crippen LogP contribution in [-0.4, -0.2) is 50.9 Å². The van der Waals surface area contributed by atoms with Crippen molar-refractivity contribution in [2.24, 2.45) is 0 Å². The number of benzene rings is 2. The molecule has 0 aliphatic carbocycles. The predicted molar refractivity (Wildman–Crippen MR) is 108 cm³/mol. The first-order valence-corrected chi connectivity index (χ1v) is 10.7. The van der Waals surface area contributed by atoms with Crippen molar-refractivity contribution in [1.82, 2.24) is 9.21 Å². The van der Waals surface area contributed by atoms with Crippen molar-refractivity contribution in [3.05, 3.63) is 58.7 Å². The van der Waals surface area contributed by atoms with Gasteiger partial charge in [-0.3, -0.25) is 4.90 Å². The third kappa shape index (κ3) is 4.34. The van der Waals surface area contributed by atoms with Gasteiger partial charge in [0, 0.05) is 38.3 Å². The summed E-state index contributed by atoms with van der Waals surface area (Å²) in [7, 11) is -1.77. The standard InChI is InChI=1S/C21H28N2O3S/c1-16-6-8-20(26-4)19(13-16)15-22-9-11-23(12-10-22)27(24,25)21-14-17(2)5-7-18(21)3/h5-8,13-14H,9-12,15H2,1-4H3. The molecule has 0 spiro atoms. The lowest BCUT2D eigenvalue weighted by molar-refractivity contribution is 0.180. The lowest BCUT2D eigenvalue weighted by Crippen LogP contribution is -2.48. The highest BCUT2D eigenvalue weighted by molar-refractivity contribution is 7.89. The zero-order chi connectivity index (χ0) is 19.6. The topological polar surface area (TPSA) is 49.9 Å². The summed E-state index contributed by atoms with van der Waals surface area (Å²) in [5.74, 6) is 0.881. The fourth-order valence-electron chi connectivity index (χ4n) is 3.52. The molecule has 1 fully saturated rings. The minimum atomic E-state index is -3.45. The van der Waals surface area contributed by atoms with E-state index in [2.05, 4.69) is 17.9 Å². The maximum atomic E-state index is 13.1. The highest BCUT2D eigenvalue weighted by Gasteiger charge is 2.29. The molecule has 0 unspecified atom stereocenters. The molecule has 0 radical (unpaired) electrons. The molecule has 146 valence electrons. The average Bonchev–Trinajstić information content (AvgIpc) is 2.64. The van der Waals surface area contributed by atoms with Crippen LogP contribution in [0.4, 0.5) is 0 Å². The first-order chi connectivity index (χ1) is 12.8. The van der Waals surface area contributed by atoms with Gasteiger partial charge in [0.2, 0.25) is 10.0 Å². The van der Waals surface area contributed by atoms with Crippen LogP contribution < -0.4 is 4.74 Å². The molecule has 3 rings (SSSR count). The summed E-state index contributed by atoms with van der Waals surface area (Å²) < 4.78 is 33.2. The SMILES string of the molecule is COc1ccc(C)cc1CN1CCN(S(=O)(=O)c2cc(C)ccc2C)CC1. The van der Waals surface area contributed by atoms with Crippen LogP contribution in [0.2, 0.25) is 0 Å². The number of aryl methyl sites for hydroxylation is 3. The number of hydrogen-bond acceptors (Lipinski definition) is 4. The molecule has 0 bridgehead atoms. The smallest absolute Gasteiger partial charge is 0.243 e. The maximum absolute atomic E-state index is 13.1. The molecule has 0 amide bonds. The molecule has 0 atom stereocenters. The molecule has 1 saturated heterocycles. The van der Waals surface area contributed by atoms with Gasteiger partial charge in [-0.15, -0.1) is 0 Å². The normalized spacial score (nSPS) is 16.4. The number of methoxy groups -OCH3 is 1. The van der Waals surface area contributed by atoms with Crippen LogP contribution in [0.5, 0.6) is 5.75 Å². The van der Waals surface area contributed by atoms with E-state index >= 15 is 0 Å². The highest BCUT2D eigenvalue weighted by Crippen LogP contribution is 2.25. The van der Waals surface area contributed by atoms with Crippen molar-refractivity contribution in [3.8, 4) is 5.75 Å². The maximum Gasteiger partial charge on any atom is 0.243 e. The quantitative estimate of drug-likeness (QED) is 0.790. The second kappa shape index (κ2) is 8.00. The van der Waals surface area contributed by atoms with Crippen molar-refractivity contribution in [2.45, 2.75) is 32.2 Å². The van der Waals surface area contributed by atoms with E-state index in [0.29, 0.717) is 31.1 Å². The molecular weight excluding hydrogens is 360 g/mol. The third-order valence-electron chi connectivity index (χ3n) is 5.12. The number of piperazine rings is 1. The first kappa shape index (κ1) is 19.9. The second-order valence-corrected chi connectivity index (χ2v) is 9.17. The minimum absolute atomic E-state index is 0.427. The van der Waals surface area contributed by atoms with Gasteiger partial charge in [0.05, 0.1) is 12.0 Å². The van der Waals surface area contributed by atoms with Crippen molar-refractivity contribution in [2.75, 3.05) is 33.3 Å². The summed E-state index contributed by atoms with van der Waals surface area (Å²) in [6.07, 6.45) is 0. The number of ether oxygens (including phenoxy) is 1. The largest absolute Gasteiger partial charge is 0.496 e. The minimum Gasteiger partial charge on any atom is -0.496 e. The zero-order valence-corrected chi connectivity index (χ0v) is 17.3. The molecule has 6 heteroatoms. The summed E-state index contributed by atoms with van der Waals surface area (Å²) in [4.78, 5) is 2.71. The van der Waals surface area contributed by atoms with Gasteiger partial charge >= 0.3 is 0 Å².